The molecule has 90 valence electrons. The number of rotatable bonds is 6. The Labute approximate surface area is 106 Å². The van der Waals surface area contributed by atoms with E-state index in [0.717, 1.165) is 17.4 Å². The average molecular weight is 287 g/mol. The number of halogens is 1. The first kappa shape index (κ1) is 13.5. The number of nitrogens with zero attached hydrogens (tertiary/aromatic N) is 1. The van der Waals surface area contributed by atoms with Gasteiger partial charge in [0.2, 0.25) is 5.88 Å². The molecule has 0 radical (unpaired) electrons. The molecule has 1 N–H and O–H groups in total. The van der Waals surface area contributed by atoms with Gasteiger partial charge in [-0.25, -0.2) is 4.98 Å². The molecule has 0 aromatic carbocycles. The van der Waals surface area contributed by atoms with E-state index in [-0.39, 0.29) is 0 Å². The van der Waals surface area contributed by atoms with Crippen molar-refractivity contribution in [2.45, 2.75) is 26.4 Å². The van der Waals surface area contributed by atoms with Gasteiger partial charge in [-0.1, -0.05) is 28.9 Å². The SMILES string of the molecule is COc1ncccc1CNC(C)C(C)CBr. The Morgan fingerprint density at radius 1 is 1.50 bits per heavy atom. The van der Waals surface area contributed by atoms with Crippen LogP contribution in [0, 0.1) is 5.92 Å². The van der Waals surface area contributed by atoms with Crippen LogP contribution < -0.4 is 10.1 Å². The lowest BCUT2D eigenvalue weighted by atomic mass is 10.1. The van der Waals surface area contributed by atoms with Gasteiger partial charge >= 0.3 is 0 Å². The number of pyridine rings is 1. The largest absolute Gasteiger partial charge is 0.481 e. The van der Waals surface area contributed by atoms with Crippen LogP contribution in [0.15, 0.2) is 18.3 Å². The molecule has 0 bridgehead atoms. The second kappa shape index (κ2) is 6.86. The van der Waals surface area contributed by atoms with Crippen LogP contribution in [0.3, 0.4) is 0 Å². The average Bonchev–Trinajstić information content (AvgIpc) is 2.35. The first-order chi connectivity index (χ1) is 7.69. The summed E-state index contributed by atoms with van der Waals surface area (Å²) in [6.45, 7) is 5.19. The van der Waals surface area contributed by atoms with Gasteiger partial charge in [-0.3, -0.25) is 0 Å². The summed E-state index contributed by atoms with van der Waals surface area (Å²) in [5.41, 5.74) is 1.10. The molecule has 0 aliphatic rings. The van der Waals surface area contributed by atoms with Gasteiger partial charge in [-0.2, -0.15) is 0 Å². The van der Waals surface area contributed by atoms with E-state index in [4.69, 9.17) is 4.74 Å². The van der Waals surface area contributed by atoms with Crippen molar-refractivity contribution < 1.29 is 4.74 Å². The van der Waals surface area contributed by atoms with E-state index in [2.05, 4.69) is 40.1 Å². The van der Waals surface area contributed by atoms with Crippen molar-refractivity contribution >= 4 is 15.9 Å². The van der Waals surface area contributed by atoms with E-state index in [1.807, 2.05) is 12.1 Å². The summed E-state index contributed by atoms with van der Waals surface area (Å²) in [6, 6.07) is 4.42. The van der Waals surface area contributed by atoms with Crippen molar-refractivity contribution in [3.8, 4) is 5.88 Å². The van der Waals surface area contributed by atoms with Crippen LogP contribution in [0.1, 0.15) is 19.4 Å². The molecule has 1 rings (SSSR count). The number of nitrogens with one attached hydrogen (secondary N) is 1. The maximum absolute atomic E-state index is 5.20. The number of hydrogen-bond donors (Lipinski definition) is 1. The Bertz CT molecular complexity index is 320. The molecule has 16 heavy (non-hydrogen) atoms. The summed E-state index contributed by atoms with van der Waals surface area (Å²) in [4.78, 5) is 4.17. The van der Waals surface area contributed by atoms with E-state index in [9.17, 15) is 0 Å². The quantitative estimate of drug-likeness (QED) is 0.817. The highest BCUT2D eigenvalue weighted by Gasteiger charge is 2.11. The summed E-state index contributed by atoms with van der Waals surface area (Å²) in [5.74, 6) is 1.30. The molecule has 0 spiro atoms. The molecule has 0 fully saturated rings. The van der Waals surface area contributed by atoms with Gasteiger partial charge in [0, 0.05) is 29.7 Å². The van der Waals surface area contributed by atoms with E-state index < -0.39 is 0 Å². The Hall–Kier alpha value is -0.610. The van der Waals surface area contributed by atoms with Crippen molar-refractivity contribution in [1.29, 1.82) is 0 Å². The second-order valence-corrected chi connectivity index (χ2v) is 4.62. The summed E-state index contributed by atoms with van der Waals surface area (Å²) < 4.78 is 5.20. The molecule has 2 unspecified atom stereocenters. The van der Waals surface area contributed by atoms with Crippen molar-refractivity contribution in [2.24, 2.45) is 5.92 Å². The molecule has 2 atom stereocenters. The summed E-state index contributed by atoms with van der Waals surface area (Å²) in [7, 11) is 1.65. The summed E-state index contributed by atoms with van der Waals surface area (Å²) >= 11 is 3.49. The molecule has 0 aliphatic carbocycles. The molecule has 0 aliphatic heterocycles. The maximum atomic E-state index is 5.20. The Morgan fingerprint density at radius 2 is 2.25 bits per heavy atom. The van der Waals surface area contributed by atoms with Crippen molar-refractivity contribution in [2.75, 3.05) is 12.4 Å². The van der Waals surface area contributed by atoms with Crippen LogP contribution in [-0.4, -0.2) is 23.5 Å². The van der Waals surface area contributed by atoms with Gasteiger partial charge in [0.1, 0.15) is 0 Å². The molecule has 1 aromatic heterocycles. The number of ether oxygens (including phenoxy) is 1. The molecular weight excluding hydrogens is 268 g/mol. The monoisotopic (exact) mass is 286 g/mol. The second-order valence-electron chi connectivity index (χ2n) is 3.97. The zero-order valence-corrected chi connectivity index (χ0v) is 11.6. The maximum Gasteiger partial charge on any atom is 0.217 e. The minimum atomic E-state index is 0.462. The zero-order chi connectivity index (χ0) is 12.0. The van der Waals surface area contributed by atoms with Gasteiger partial charge in [-0.05, 0) is 18.9 Å². The van der Waals surface area contributed by atoms with Crippen LogP contribution in [0.5, 0.6) is 5.88 Å². The third-order valence-corrected chi connectivity index (χ3v) is 3.78. The first-order valence-electron chi connectivity index (χ1n) is 5.46. The lowest BCUT2D eigenvalue weighted by Gasteiger charge is -2.19. The molecule has 1 aromatic rings. The van der Waals surface area contributed by atoms with Crippen molar-refractivity contribution in [3.63, 3.8) is 0 Å². The van der Waals surface area contributed by atoms with Crippen molar-refractivity contribution in [1.82, 2.24) is 10.3 Å². The lowest BCUT2D eigenvalue weighted by Crippen LogP contribution is -2.32. The van der Waals surface area contributed by atoms with Crippen LogP contribution >= 0.6 is 15.9 Å². The summed E-state index contributed by atoms with van der Waals surface area (Å²) in [5, 5.41) is 4.48. The van der Waals surface area contributed by atoms with E-state index in [1.54, 1.807) is 13.3 Å². The standard InChI is InChI=1S/C12H19BrN2O/c1-9(7-13)10(2)15-8-11-5-4-6-14-12(11)16-3/h4-6,9-10,15H,7-8H2,1-3H3. The van der Waals surface area contributed by atoms with Gasteiger partial charge in [-0.15, -0.1) is 0 Å². The fourth-order valence-electron chi connectivity index (χ4n) is 1.35. The third-order valence-electron chi connectivity index (χ3n) is 2.75. The predicted molar refractivity (Wildman–Crippen MR) is 70.0 cm³/mol. The van der Waals surface area contributed by atoms with Crippen molar-refractivity contribution in [3.05, 3.63) is 23.9 Å². The fraction of sp³-hybridized carbons (Fsp3) is 0.583. The van der Waals surface area contributed by atoms with Gasteiger partial charge in [0.05, 0.1) is 7.11 Å². The highest BCUT2D eigenvalue weighted by atomic mass is 79.9. The Balaban J connectivity index is 2.54. The van der Waals surface area contributed by atoms with Gasteiger partial charge in [0.15, 0.2) is 0 Å². The van der Waals surface area contributed by atoms with Gasteiger partial charge in [0.25, 0.3) is 0 Å². The first-order valence-corrected chi connectivity index (χ1v) is 6.58. The van der Waals surface area contributed by atoms with Crippen LogP contribution in [0.4, 0.5) is 0 Å². The molecule has 1 heterocycles. The molecule has 0 saturated heterocycles. The molecule has 4 heteroatoms. The topological polar surface area (TPSA) is 34.1 Å². The Morgan fingerprint density at radius 3 is 2.88 bits per heavy atom. The molecule has 0 amide bonds. The van der Waals surface area contributed by atoms with Gasteiger partial charge < -0.3 is 10.1 Å². The highest BCUT2D eigenvalue weighted by molar-refractivity contribution is 9.09. The molecule has 3 nitrogen and oxygen atoms in total. The van der Waals surface area contributed by atoms with Crippen LogP contribution in [-0.2, 0) is 6.54 Å². The normalized spacial score (nSPS) is 14.5. The number of aromatic nitrogens is 1. The minimum Gasteiger partial charge on any atom is -0.481 e. The molecule has 0 saturated carbocycles. The number of hydrogen-bond acceptors (Lipinski definition) is 3. The minimum absolute atomic E-state index is 0.462. The summed E-state index contributed by atoms with van der Waals surface area (Å²) in [6.07, 6.45) is 1.74. The zero-order valence-electron chi connectivity index (χ0n) is 10.0. The number of methoxy groups -OCH3 is 1. The van der Waals surface area contributed by atoms with Crippen LogP contribution in [0.25, 0.3) is 0 Å². The predicted octanol–water partition coefficient (Wildman–Crippen LogP) is 2.60. The highest BCUT2D eigenvalue weighted by Crippen LogP contribution is 2.14. The smallest absolute Gasteiger partial charge is 0.217 e. The van der Waals surface area contributed by atoms with E-state index in [1.165, 1.54) is 0 Å². The van der Waals surface area contributed by atoms with Crippen LogP contribution in [0.2, 0.25) is 0 Å². The fourth-order valence-corrected chi connectivity index (χ4v) is 1.91. The Kier molecular flexibility index (Phi) is 5.77. The third kappa shape index (κ3) is 3.76. The number of alkyl halides is 1. The molecular formula is C12H19BrN2O. The van der Waals surface area contributed by atoms with E-state index in [0.29, 0.717) is 17.8 Å². The lowest BCUT2D eigenvalue weighted by molar-refractivity contribution is 0.383. The van der Waals surface area contributed by atoms with E-state index >= 15 is 0 Å².